The zero-order valence-electron chi connectivity index (χ0n) is 17.3. The summed E-state index contributed by atoms with van der Waals surface area (Å²) in [5.74, 6) is 0.103. The second kappa shape index (κ2) is 8.64. The van der Waals surface area contributed by atoms with Crippen LogP contribution in [0.15, 0.2) is 34.0 Å². The average Bonchev–Trinajstić information content (AvgIpc) is 3.31. The first-order chi connectivity index (χ1) is 15.4. The molecule has 2 aromatic heterocycles. The number of benzene rings is 1. The third-order valence-corrected chi connectivity index (χ3v) is 10.3. The predicted molar refractivity (Wildman–Crippen MR) is 125 cm³/mol. The van der Waals surface area contributed by atoms with Crippen LogP contribution >= 0.6 is 23.1 Å². The minimum atomic E-state index is -3.00. The number of fused-ring (bicyclic) bond motifs is 3. The fraction of sp³-hybridized carbons (Fsp3) is 0.409. The molecular formula is C22H22N2O5S3. The quantitative estimate of drug-likeness (QED) is 0.546. The third-order valence-electron chi connectivity index (χ3n) is 5.81. The number of ether oxygens (including phenoxy) is 1. The lowest BCUT2D eigenvalue weighted by Gasteiger charge is -2.12. The molecule has 0 unspecified atom stereocenters. The van der Waals surface area contributed by atoms with Crippen molar-refractivity contribution in [3.63, 3.8) is 0 Å². The Morgan fingerprint density at radius 2 is 2.06 bits per heavy atom. The summed E-state index contributed by atoms with van der Waals surface area (Å²) in [6, 6.07) is 7.03. The second-order valence-corrected chi connectivity index (χ2v) is 12.8. The Hall–Kier alpha value is -2.17. The van der Waals surface area contributed by atoms with Gasteiger partial charge in [-0.25, -0.2) is 18.2 Å². The van der Waals surface area contributed by atoms with Crippen LogP contribution in [0.2, 0.25) is 0 Å². The molecular weight excluding hydrogens is 468 g/mol. The van der Waals surface area contributed by atoms with Crippen molar-refractivity contribution < 1.29 is 17.9 Å². The maximum absolute atomic E-state index is 12.8. The van der Waals surface area contributed by atoms with Gasteiger partial charge in [-0.1, -0.05) is 12.1 Å². The van der Waals surface area contributed by atoms with Crippen molar-refractivity contribution in [2.75, 3.05) is 11.5 Å². The number of aromatic nitrogens is 2. The summed E-state index contributed by atoms with van der Waals surface area (Å²) in [4.78, 5) is 35.4. The summed E-state index contributed by atoms with van der Waals surface area (Å²) in [5, 5.41) is 0.604. The molecule has 0 radical (unpaired) electrons. The number of nitrogens with one attached hydrogen (secondary N) is 1. The van der Waals surface area contributed by atoms with E-state index in [1.807, 2.05) is 6.07 Å². The van der Waals surface area contributed by atoms with E-state index in [0.29, 0.717) is 32.9 Å². The zero-order chi connectivity index (χ0) is 22.3. The summed E-state index contributed by atoms with van der Waals surface area (Å²) in [6.07, 6.45) is 4.68. The van der Waals surface area contributed by atoms with E-state index in [9.17, 15) is 18.0 Å². The van der Waals surface area contributed by atoms with Gasteiger partial charge in [0.1, 0.15) is 17.3 Å². The molecule has 0 spiro atoms. The molecule has 1 saturated heterocycles. The molecule has 7 nitrogen and oxygen atoms in total. The number of rotatable bonds is 5. The van der Waals surface area contributed by atoms with Gasteiger partial charge in [-0.2, -0.15) is 0 Å². The van der Waals surface area contributed by atoms with Crippen LogP contribution < -0.4 is 5.56 Å². The van der Waals surface area contributed by atoms with Gasteiger partial charge < -0.3 is 9.72 Å². The van der Waals surface area contributed by atoms with Crippen molar-refractivity contribution in [1.29, 1.82) is 0 Å². The Morgan fingerprint density at radius 1 is 1.25 bits per heavy atom. The van der Waals surface area contributed by atoms with E-state index in [-0.39, 0.29) is 28.9 Å². The lowest BCUT2D eigenvalue weighted by Crippen LogP contribution is -2.15. The molecule has 1 aromatic carbocycles. The van der Waals surface area contributed by atoms with E-state index in [4.69, 9.17) is 4.74 Å². The molecule has 3 heterocycles. The molecule has 1 aliphatic carbocycles. The van der Waals surface area contributed by atoms with Crippen LogP contribution in [0.5, 0.6) is 0 Å². The molecule has 1 N–H and O–H groups in total. The van der Waals surface area contributed by atoms with Crippen LogP contribution in [0.25, 0.3) is 10.2 Å². The molecule has 1 atom stereocenters. The highest BCUT2D eigenvalue weighted by Gasteiger charge is 2.29. The smallest absolute Gasteiger partial charge is 0.339 e. The highest BCUT2D eigenvalue weighted by Crippen LogP contribution is 2.34. The number of carbonyl (C=O) groups is 1. The fourth-order valence-corrected chi connectivity index (χ4v) is 9.16. The Balaban J connectivity index is 1.32. The van der Waals surface area contributed by atoms with Crippen molar-refractivity contribution in [2.24, 2.45) is 0 Å². The van der Waals surface area contributed by atoms with E-state index in [1.165, 1.54) is 16.6 Å². The maximum atomic E-state index is 12.8. The molecule has 1 fully saturated rings. The van der Waals surface area contributed by atoms with Crippen LogP contribution in [0.3, 0.4) is 0 Å². The van der Waals surface area contributed by atoms with Crippen molar-refractivity contribution in [1.82, 2.24) is 9.97 Å². The van der Waals surface area contributed by atoms with Crippen molar-refractivity contribution in [3.8, 4) is 0 Å². The van der Waals surface area contributed by atoms with Gasteiger partial charge in [0.25, 0.3) is 5.56 Å². The maximum Gasteiger partial charge on any atom is 0.339 e. The van der Waals surface area contributed by atoms with Crippen molar-refractivity contribution in [3.05, 3.63) is 56.4 Å². The van der Waals surface area contributed by atoms with E-state index in [0.717, 1.165) is 31.2 Å². The number of hydrogen-bond donors (Lipinski definition) is 1. The second-order valence-electron chi connectivity index (χ2n) is 8.12. The number of H-pyrrole nitrogens is 1. The molecule has 1 aliphatic heterocycles. The summed E-state index contributed by atoms with van der Waals surface area (Å²) < 4.78 is 29.0. The molecule has 3 aromatic rings. The number of hydrogen-bond acceptors (Lipinski definition) is 8. The monoisotopic (exact) mass is 490 g/mol. The van der Waals surface area contributed by atoms with Crippen molar-refractivity contribution in [2.45, 2.75) is 48.9 Å². The molecule has 32 heavy (non-hydrogen) atoms. The number of carbonyl (C=O) groups excluding carboxylic acids is 1. The Bertz CT molecular complexity index is 1360. The molecule has 0 saturated carbocycles. The number of thiophene rings is 1. The summed E-state index contributed by atoms with van der Waals surface area (Å²) in [5.41, 5.74) is 1.32. The van der Waals surface area contributed by atoms with E-state index < -0.39 is 15.8 Å². The van der Waals surface area contributed by atoms with Gasteiger partial charge in [-0.3, -0.25) is 4.79 Å². The van der Waals surface area contributed by atoms with Gasteiger partial charge in [0.2, 0.25) is 0 Å². The molecule has 0 bridgehead atoms. The fourth-order valence-electron chi connectivity index (χ4n) is 4.26. The summed E-state index contributed by atoms with van der Waals surface area (Å²) in [6.45, 7) is -0.136. The summed E-state index contributed by atoms with van der Waals surface area (Å²) in [7, 11) is -3.00. The van der Waals surface area contributed by atoms with Crippen molar-refractivity contribution >= 4 is 49.1 Å². The highest BCUT2D eigenvalue weighted by molar-refractivity contribution is 8.02. The average molecular weight is 491 g/mol. The SMILES string of the molecule is O=C(OCc1nc2sc3c(c2c(=O)[nH]1)CCCC3)c1ccccc1S[C@@H]1CCS(=O)(=O)C1. The first-order valence-electron chi connectivity index (χ1n) is 10.6. The van der Waals surface area contributed by atoms with Crippen LogP contribution in [0.4, 0.5) is 0 Å². The van der Waals surface area contributed by atoms with E-state index >= 15 is 0 Å². The first kappa shape index (κ1) is 21.7. The Morgan fingerprint density at radius 3 is 2.88 bits per heavy atom. The highest BCUT2D eigenvalue weighted by atomic mass is 32.2. The number of aryl methyl sites for hydroxylation is 2. The standard InChI is InChI=1S/C22H22N2O5S3/c25-20-19-14-5-1-3-7-16(14)31-21(19)24-18(23-20)11-29-22(26)15-6-2-4-8-17(15)30-13-9-10-32(27,28)12-13/h2,4,6,8,13H,1,3,5,7,9-12H2,(H,23,24,25)/t13-/m1/s1. The number of aromatic amines is 1. The van der Waals surface area contributed by atoms with Gasteiger partial charge in [0, 0.05) is 15.0 Å². The summed E-state index contributed by atoms with van der Waals surface area (Å²) >= 11 is 2.95. The normalized spacial score (nSPS) is 19.7. The van der Waals surface area contributed by atoms with Crippen LogP contribution in [0, 0.1) is 0 Å². The van der Waals surface area contributed by atoms with Gasteiger partial charge in [0.15, 0.2) is 9.84 Å². The predicted octanol–water partition coefficient (Wildman–Crippen LogP) is 3.50. The Labute approximate surface area is 193 Å². The molecule has 2 aliphatic rings. The number of nitrogens with zero attached hydrogens (tertiary/aromatic N) is 1. The lowest BCUT2D eigenvalue weighted by atomic mass is 9.97. The topological polar surface area (TPSA) is 106 Å². The number of sulfone groups is 1. The van der Waals surface area contributed by atoms with Crippen LogP contribution in [0.1, 0.15) is 45.9 Å². The van der Waals surface area contributed by atoms with Crippen LogP contribution in [-0.4, -0.2) is 41.1 Å². The largest absolute Gasteiger partial charge is 0.454 e. The first-order valence-corrected chi connectivity index (χ1v) is 14.1. The Kier molecular flexibility index (Phi) is 5.85. The van der Waals surface area contributed by atoms with Gasteiger partial charge in [0.05, 0.1) is 22.5 Å². The van der Waals surface area contributed by atoms with E-state index in [2.05, 4.69) is 9.97 Å². The van der Waals surface area contributed by atoms with Gasteiger partial charge in [-0.15, -0.1) is 23.1 Å². The zero-order valence-corrected chi connectivity index (χ0v) is 19.7. The van der Waals surface area contributed by atoms with Gasteiger partial charge >= 0.3 is 5.97 Å². The van der Waals surface area contributed by atoms with E-state index in [1.54, 1.807) is 29.5 Å². The van der Waals surface area contributed by atoms with Crippen LogP contribution in [-0.2, 0) is 34.0 Å². The molecule has 5 rings (SSSR count). The minimum absolute atomic E-state index is 0.0701. The molecule has 10 heteroatoms. The lowest BCUT2D eigenvalue weighted by molar-refractivity contribution is 0.0458. The van der Waals surface area contributed by atoms with Gasteiger partial charge in [-0.05, 0) is 49.8 Å². The molecule has 0 amide bonds. The molecule has 168 valence electrons. The number of thioether (sulfide) groups is 1. The minimum Gasteiger partial charge on any atom is -0.454 e. The number of esters is 1. The third kappa shape index (κ3) is 4.35.